The number of benzene rings is 1. The molecular weight excluding hydrogens is 370 g/mol. The van der Waals surface area contributed by atoms with Crippen LogP contribution in [-0.4, -0.2) is 41.8 Å². The van der Waals surface area contributed by atoms with Gasteiger partial charge in [0.15, 0.2) is 5.82 Å². The largest absolute Gasteiger partial charge is 0.360 e. The highest BCUT2D eigenvalue weighted by molar-refractivity contribution is 6.02. The summed E-state index contributed by atoms with van der Waals surface area (Å²) in [4.78, 5) is 27.7. The predicted molar refractivity (Wildman–Crippen MR) is 105 cm³/mol. The van der Waals surface area contributed by atoms with Gasteiger partial charge in [-0.05, 0) is 25.3 Å². The van der Waals surface area contributed by atoms with Crippen molar-refractivity contribution >= 4 is 17.6 Å². The summed E-state index contributed by atoms with van der Waals surface area (Å²) in [6, 6.07) is 11.9. The third kappa shape index (κ3) is 2.97. The maximum Gasteiger partial charge on any atom is 0.235 e. The molecule has 0 saturated carbocycles. The summed E-state index contributed by atoms with van der Waals surface area (Å²) in [5.41, 5.74) is 0.497. The average Bonchev–Trinajstić information content (AvgIpc) is 3.47. The minimum absolute atomic E-state index is 0.120. The molecule has 1 aromatic carbocycles. The minimum atomic E-state index is -0.749. The lowest BCUT2D eigenvalue weighted by atomic mass is 9.77. The molecule has 0 radical (unpaired) electrons. The van der Waals surface area contributed by atoms with E-state index in [9.17, 15) is 9.59 Å². The van der Waals surface area contributed by atoms with E-state index >= 15 is 0 Å². The topological polar surface area (TPSA) is 84.7 Å². The van der Waals surface area contributed by atoms with Crippen LogP contribution in [0.2, 0.25) is 0 Å². The monoisotopic (exact) mass is 393 g/mol. The van der Waals surface area contributed by atoms with Crippen LogP contribution in [0.3, 0.4) is 0 Å². The first-order chi connectivity index (χ1) is 14.1. The molecule has 2 amide bonds. The molecule has 2 aromatic rings. The normalized spacial score (nSPS) is 29.5. The Kier molecular flexibility index (Phi) is 4.28. The van der Waals surface area contributed by atoms with Crippen molar-refractivity contribution < 1.29 is 18.8 Å². The lowest BCUT2D eigenvalue weighted by Gasteiger charge is -2.23. The van der Waals surface area contributed by atoms with E-state index in [4.69, 9.17) is 9.26 Å². The summed E-state index contributed by atoms with van der Waals surface area (Å²) in [6.07, 6.45) is 5.25. The van der Waals surface area contributed by atoms with Crippen LogP contribution in [0.5, 0.6) is 0 Å². The Bertz CT molecular complexity index is 969. The smallest absolute Gasteiger partial charge is 0.235 e. The number of amides is 2. The number of aromatic nitrogens is 1. The molecule has 7 heteroatoms. The zero-order valence-electron chi connectivity index (χ0n) is 16.2. The molecular formula is C22H23N3O4. The van der Waals surface area contributed by atoms with Crippen molar-refractivity contribution in [3.05, 3.63) is 59.9 Å². The summed E-state index contributed by atoms with van der Waals surface area (Å²) in [6.45, 7) is 2.71. The van der Waals surface area contributed by atoms with E-state index in [1.807, 2.05) is 30.4 Å². The van der Waals surface area contributed by atoms with Gasteiger partial charge in [0, 0.05) is 12.6 Å². The second-order valence-electron chi connectivity index (χ2n) is 8.00. The summed E-state index contributed by atoms with van der Waals surface area (Å²) in [7, 11) is 0. The zero-order chi connectivity index (χ0) is 20.0. The van der Waals surface area contributed by atoms with Crippen molar-refractivity contribution in [2.75, 3.05) is 18.0 Å². The Morgan fingerprint density at radius 3 is 2.93 bits per heavy atom. The summed E-state index contributed by atoms with van der Waals surface area (Å²) < 4.78 is 11.2. The van der Waals surface area contributed by atoms with Crippen LogP contribution < -0.4 is 10.2 Å². The van der Waals surface area contributed by atoms with E-state index in [1.54, 1.807) is 17.9 Å². The van der Waals surface area contributed by atoms with E-state index in [2.05, 4.69) is 22.6 Å². The van der Waals surface area contributed by atoms with Gasteiger partial charge in [0.1, 0.15) is 11.4 Å². The number of fused-ring (bicyclic) bond motifs is 1. The molecule has 0 aliphatic carbocycles. The maximum absolute atomic E-state index is 13.2. The number of carbonyl (C=O) groups excluding carboxylic acids is 2. The van der Waals surface area contributed by atoms with Crippen molar-refractivity contribution in [3.63, 3.8) is 0 Å². The van der Waals surface area contributed by atoms with Crippen molar-refractivity contribution in [1.29, 1.82) is 0 Å². The first-order valence-electron chi connectivity index (χ1n) is 10.0. The van der Waals surface area contributed by atoms with Crippen LogP contribution >= 0.6 is 0 Å². The molecule has 150 valence electrons. The molecule has 4 atom stereocenters. The average molecular weight is 393 g/mol. The number of anilines is 1. The second kappa shape index (κ2) is 6.84. The zero-order valence-corrected chi connectivity index (χ0v) is 16.2. The highest BCUT2D eigenvalue weighted by Crippen LogP contribution is 2.52. The van der Waals surface area contributed by atoms with E-state index in [0.29, 0.717) is 24.7 Å². The minimum Gasteiger partial charge on any atom is -0.360 e. The summed E-state index contributed by atoms with van der Waals surface area (Å²) in [5, 5.41) is 6.97. The van der Waals surface area contributed by atoms with Gasteiger partial charge in [0.05, 0.1) is 24.5 Å². The van der Waals surface area contributed by atoms with E-state index in [1.165, 1.54) is 5.56 Å². The molecule has 0 unspecified atom stereocenters. The SMILES string of the molecule is Cc1cc(N2C[C@@]34C=C[C@@H](O3)[C@@H](C(=O)NCCCc3ccccc3)[C@H]4C2=O)no1. The van der Waals surface area contributed by atoms with Crippen molar-refractivity contribution in [3.8, 4) is 0 Å². The number of nitrogens with zero attached hydrogens (tertiary/aromatic N) is 2. The third-order valence-corrected chi connectivity index (χ3v) is 6.08. The number of rotatable bonds is 6. The maximum atomic E-state index is 13.2. The molecule has 4 heterocycles. The number of carbonyl (C=O) groups is 2. The van der Waals surface area contributed by atoms with Crippen LogP contribution in [0.15, 0.2) is 53.1 Å². The van der Waals surface area contributed by atoms with Gasteiger partial charge in [-0.2, -0.15) is 0 Å². The van der Waals surface area contributed by atoms with E-state index in [-0.39, 0.29) is 17.9 Å². The molecule has 3 aliphatic heterocycles. The van der Waals surface area contributed by atoms with Gasteiger partial charge in [-0.15, -0.1) is 0 Å². The fourth-order valence-electron chi connectivity index (χ4n) is 4.74. The Morgan fingerprint density at radius 2 is 2.17 bits per heavy atom. The van der Waals surface area contributed by atoms with Crippen LogP contribution in [0.1, 0.15) is 17.7 Å². The standard InChI is InChI=1S/C22H23N3O4/c1-14-12-17(24-29-14)25-13-22-10-9-16(28-22)18(19(22)21(25)27)20(26)23-11-5-8-15-6-3-2-4-7-15/h2-4,6-7,9-10,12,16,18-19H,5,8,11,13H2,1H3,(H,23,26)/t16-,18-,19+,22-/m1/s1. The first-order valence-corrected chi connectivity index (χ1v) is 10.0. The number of hydrogen-bond acceptors (Lipinski definition) is 5. The molecule has 2 bridgehead atoms. The molecule has 3 aliphatic rings. The van der Waals surface area contributed by atoms with E-state index < -0.39 is 17.4 Å². The Morgan fingerprint density at radius 1 is 1.34 bits per heavy atom. The Hall–Kier alpha value is -2.93. The molecule has 1 aromatic heterocycles. The molecule has 1 spiro atoms. The van der Waals surface area contributed by atoms with E-state index in [0.717, 1.165) is 12.8 Å². The van der Waals surface area contributed by atoms with Gasteiger partial charge in [-0.3, -0.25) is 14.5 Å². The molecule has 2 saturated heterocycles. The second-order valence-corrected chi connectivity index (χ2v) is 8.00. The lowest BCUT2D eigenvalue weighted by molar-refractivity contribution is -0.131. The number of aryl methyl sites for hydroxylation is 2. The Labute approximate surface area is 168 Å². The van der Waals surface area contributed by atoms with Crippen LogP contribution in [0.25, 0.3) is 0 Å². The predicted octanol–water partition coefficient (Wildman–Crippen LogP) is 2.02. The highest BCUT2D eigenvalue weighted by Gasteiger charge is 2.67. The lowest BCUT2D eigenvalue weighted by Crippen LogP contribution is -2.44. The number of nitrogens with one attached hydrogen (secondary N) is 1. The van der Waals surface area contributed by atoms with Gasteiger partial charge < -0.3 is 14.6 Å². The summed E-state index contributed by atoms with van der Waals surface area (Å²) in [5.74, 6) is -0.180. The molecule has 1 N–H and O–H groups in total. The van der Waals surface area contributed by atoms with Crippen molar-refractivity contribution in [2.24, 2.45) is 11.8 Å². The van der Waals surface area contributed by atoms with Gasteiger partial charge in [0.2, 0.25) is 11.8 Å². The van der Waals surface area contributed by atoms with Gasteiger partial charge >= 0.3 is 0 Å². The molecule has 5 rings (SSSR count). The number of ether oxygens (including phenoxy) is 1. The summed E-state index contributed by atoms with van der Waals surface area (Å²) >= 11 is 0. The fourth-order valence-corrected chi connectivity index (χ4v) is 4.74. The van der Waals surface area contributed by atoms with Gasteiger partial charge in [0.25, 0.3) is 0 Å². The number of hydrogen-bond donors (Lipinski definition) is 1. The van der Waals surface area contributed by atoms with Crippen LogP contribution in [0, 0.1) is 18.8 Å². The highest BCUT2D eigenvalue weighted by atomic mass is 16.5. The van der Waals surface area contributed by atoms with Gasteiger partial charge in [-0.1, -0.05) is 47.6 Å². The Balaban J connectivity index is 1.26. The molecule has 2 fully saturated rings. The van der Waals surface area contributed by atoms with Crippen LogP contribution in [-0.2, 0) is 20.7 Å². The third-order valence-electron chi connectivity index (χ3n) is 6.08. The molecule has 29 heavy (non-hydrogen) atoms. The quantitative estimate of drug-likeness (QED) is 0.600. The molecule has 7 nitrogen and oxygen atoms in total. The van der Waals surface area contributed by atoms with Crippen molar-refractivity contribution in [2.45, 2.75) is 31.5 Å². The first kappa shape index (κ1) is 18.1. The van der Waals surface area contributed by atoms with Crippen molar-refractivity contribution in [1.82, 2.24) is 10.5 Å². The van der Waals surface area contributed by atoms with Gasteiger partial charge in [-0.25, -0.2) is 0 Å². The van der Waals surface area contributed by atoms with Crippen LogP contribution in [0.4, 0.5) is 5.82 Å². The fraction of sp³-hybridized carbons (Fsp3) is 0.409.